The maximum Gasteiger partial charge on any atom is 0.244 e. The maximum atomic E-state index is 12.4. The quantitative estimate of drug-likeness (QED) is 0.323. The Morgan fingerprint density at radius 1 is 1.09 bits per heavy atom. The number of methoxy groups -OCH3 is 2. The number of nitrogens with zero attached hydrogens (tertiary/aromatic N) is 1. The van der Waals surface area contributed by atoms with Crippen LogP contribution in [0.3, 0.4) is 0 Å². The molecule has 0 aliphatic heterocycles. The molecule has 0 bridgehead atoms. The number of rotatable bonds is 8. The fourth-order valence-electron chi connectivity index (χ4n) is 3.58. The summed E-state index contributed by atoms with van der Waals surface area (Å²) in [5, 5.41) is 8.88. The number of ether oxygens (including phenoxy) is 2. The van der Waals surface area contributed by atoms with Gasteiger partial charge in [-0.25, -0.2) is 18.5 Å². The number of hydrogen-bond acceptors (Lipinski definition) is 6. The molecule has 0 fully saturated rings. The highest BCUT2D eigenvalue weighted by atomic mass is 32.2. The number of sulfonamides is 1. The number of H-pyrrole nitrogens is 1. The van der Waals surface area contributed by atoms with Gasteiger partial charge in [-0.1, -0.05) is 18.2 Å². The molecule has 0 aliphatic rings. The van der Waals surface area contributed by atoms with Gasteiger partial charge < -0.3 is 19.8 Å². The molecule has 2 heterocycles. The minimum Gasteiger partial charge on any atom is -0.493 e. The van der Waals surface area contributed by atoms with Crippen molar-refractivity contribution in [2.45, 2.75) is 11.4 Å². The van der Waals surface area contributed by atoms with Gasteiger partial charge in [-0.05, 0) is 47.5 Å². The number of nitrogens with two attached hydrogens (primary N) is 1. The van der Waals surface area contributed by atoms with Gasteiger partial charge in [0.05, 0.1) is 19.1 Å². The second-order valence-electron chi connectivity index (χ2n) is 7.68. The Kier molecular flexibility index (Phi) is 6.85. The maximum absolute atomic E-state index is 12.4. The van der Waals surface area contributed by atoms with Crippen LogP contribution in [0.1, 0.15) is 11.1 Å². The van der Waals surface area contributed by atoms with E-state index in [4.69, 9.17) is 14.6 Å². The summed E-state index contributed by atoms with van der Waals surface area (Å²) in [4.78, 5) is 19.9. The first-order chi connectivity index (χ1) is 16.8. The molecular formula is C25H24N4O5S. The van der Waals surface area contributed by atoms with Crippen LogP contribution in [0.25, 0.3) is 28.2 Å². The third-order valence-electron chi connectivity index (χ3n) is 5.39. The molecule has 4 aromatic rings. The molecule has 0 spiro atoms. The van der Waals surface area contributed by atoms with Crippen LogP contribution in [0.4, 0.5) is 0 Å². The van der Waals surface area contributed by atoms with Gasteiger partial charge in [0.25, 0.3) is 0 Å². The number of amides is 1. The van der Waals surface area contributed by atoms with E-state index in [9.17, 15) is 13.2 Å². The van der Waals surface area contributed by atoms with Crippen molar-refractivity contribution in [3.05, 3.63) is 78.1 Å². The van der Waals surface area contributed by atoms with Crippen molar-refractivity contribution < 1.29 is 22.7 Å². The van der Waals surface area contributed by atoms with E-state index in [0.717, 1.165) is 22.1 Å². The van der Waals surface area contributed by atoms with E-state index >= 15 is 0 Å². The third-order valence-corrected chi connectivity index (χ3v) is 6.30. The van der Waals surface area contributed by atoms with Crippen LogP contribution < -0.4 is 19.9 Å². The summed E-state index contributed by atoms with van der Waals surface area (Å²) in [5.41, 5.74) is 3.65. The molecule has 0 radical (unpaired) electrons. The van der Waals surface area contributed by atoms with Crippen LogP contribution in [0, 0.1) is 0 Å². The zero-order chi connectivity index (χ0) is 25.0. The summed E-state index contributed by atoms with van der Waals surface area (Å²) in [6, 6.07) is 13.7. The van der Waals surface area contributed by atoms with E-state index in [2.05, 4.69) is 15.3 Å². The molecule has 0 aliphatic carbocycles. The van der Waals surface area contributed by atoms with E-state index in [0.29, 0.717) is 29.3 Å². The Labute approximate surface area is 202 Å². The van der Waals surface area contributed by atoms with Gasteiger partial charge in [0.2, 0.25) is 15.9 Å². The zero-order valence-electron chi connectivity index (χ0n) is 19.1. The fraction of sp³-hybridized carbons (Fsp3) is 0.120. The first kappa shape index (κ1) is 24.0. The van der Waals surface area contributed by atoms with E-state index in [1.807, 2.05) is 12.1 Å². The number of benzene rings is 2. The monoisotopic (exact) mass is 492 g/mol. The number of aromatic amines is 1. The van der Waals surface area contributed by atoms with E-state index < -0.39 is 10.0 Å². The third kappa shape index (κ3) is 5.51. The van der Waals surface area contributed by atoms with Crippen molar-refractivity contribution in [1.82, 2.24) is 15.3 Å². The Balaban J connectivity index is 1.51. The highest BCUT2D eigenvalue weighted by Crippen LogP contribution is 2.28. The number of carbonyl (C=O) groups excluding carboxylic acids is 1. The molecule has 4 N–H and O–H groups in total. The molecule has 180 valence electrons. The number of fused-ring (bicyclic) bond motifs is 1. The Hall–Kier alpha value is -4.15. The van der Waals surface area contributed by atoms with Crippen molar-refractivity contribution in [3.8, 4) is 22.6 Å². The Bertz CT molecular complexity index is 1530. The molecule has 0 saturated carbocycles. The highest BCUT2D eigenvalue weighted by molar-refractivity contribution is 7.89. The molecule has 35 heavy (non-hydrogen) atoms. The average Bonchev–Trinajstić information content (AvgIpc) is 3.27. The SMILES string of the molecule is COc1ccc(CNC(=O)/C=C/c2c[nH]c3ncc(-c4cccc(S(N)(=O)=O)c4)cc23)cc1OC. The van der Waals surface area contributed by atoms with Gasteiger partial charge in [-0.3, -0.25) is 4.79 Å². The number of hydrogen-bond donors (Lipinski definition) is 3. The van der Waals surface area contributed by atoms with Crippen LogP contribution >= 0.6 is 0 Å². The van der Waals surface area contributed by atoms with Gasteiger partial charge in [-0.15, -0.1) is 0 Å². The van der Waals surface area contributed by atoms with Gasteiger partial charge in [0.15, 0.2) is 11.5 Å². The van der Waals surface area contributed by atoms with Gasteiger partial charge >= 0.3 is 0 Å². The average molecular weight is 493 g/mol. The molecular weight excluding hydrogens is 468 g/mol. The minimum absolute atomic E-state index is 0.0236. The molecule has 9 nitrogen and oxygen atoms in total. The normalized spacial score (nSPS) is 11.6. The fourth-order valence-corrected chi connectivity index (χ4v) is 4.14. The summed E-state index contributed by atoms with van der Waals surface area (Å²) in [7, 11) is -0.699. The molecule has 0 unspecified atom stereocenters. The summed E-state index contributed by atoms with van der Waals surface area (Å²) >= 11 is 0. The molecule has 0 atom stereocenters. The zero-order valence-corrected chi connectivity index (χ0v) is 19.9. The van der Waals surface area contributed by atoms with Crippen LogP contribution in [-0.4, -0.2) is 38.5 Å². The number of primary sulfonamides is 1. The van der Waals surface area contributed by atoms with Gasteiger partial charge in [0, 0.05) is 41.5 Å². The molecule has 0 saturated heterocycles. The number of pyridine rings is 1. The number of carbonyl (C=O) groups is 1. The van der Waals surface area contributed by atoms with Crippen molar-refractivity contribution in [2.75, 3.05) is 14.2 Å². The number of nitrogens with one attached hydrogen (secondary N) is 2. The Morgan fingerprint density at radius 2 is 1.89 bits per heavy atom. The summed E-state index contributed by atoms with van der Waals surface area (Å²) in [6.45, 7) is 0.323. The minimum atomic E-state index is -3.82. The van der Waals surface area contributed by atoms with Crippen LogP contribution in [0.2, 0.25) is 0 Å². The molecule has 2 aromatic heterocycles. The molecule has 1 amide bonds. The number of aromatic nitrogens is 2. The molecule has 4 rings (SSSR count). The van der Waals surface area contributed by atoms with Crippen LogP contribution in [0.15, 0.2) is 71.9 Å². The van der Waals surface area contributed by atoms with E-state index in [1.165, 1.54) is 18.2 Å². The second-order valence-corrected chi connectivity index (χ2v) is 9.24. The van der Waals surface area contributed by atoms with Gasteiger partial charge in [0.1, 0.15) is 5.65 Å². The lowest BCUT2D eigenvalue weighted by Crippen LogP contribution is -2.20. The lowest BCUT2D eigenvalue weighted by Gasteiger charge is -2.09. The predicted molar refractivity (Wildman–Crippen MR) is 133 cm³/mol. The second kappa shape index (κ2) is 10.00. The van der Waals surface area contributed by atoms with E-state index in [-0.39, 0.29) is 10.8 Å². The Morgan fingerprint density at radius 3 is 2.63 bits per heavy atom. The van der Waals surface area contributed by atoms with Crippen molar-refractivity contribution in [3.63, 3.8) is 0 Å². The first-order valence-electron chi connectivity index (χ1n) is 10.6. The summed E-state index contributed by atoms with van der Waals surface area (Å²) in [6.07, 6.45) is 6.53. The van der Waals surface area contributed by atoms with Crippen molar-refractivity contribution >= 4 is 33.0 Å². The molecule has 2 aromatic carbocycles. The van der Waals surface area contributed by atoms with Gasteiger partial charge in [-0.2, -0.15) is 0 Å². The van der Waals surface area contributed by atoms with Crippen LogP contribution in [0.5, 0.6) is 11.5 Å². The van der Waals surface area contributed by atoms with Crippen molar-refractivity contribution in [2.24, 2.45) is 5.14 Å². The molecule has 10 heteroatoms. The smallest absolute Gasteiger partial charge is 0.244 e. The van der Waals surface area contributed by atoms with Crippen LogP contribution in [-0.2, 0) is 21.4 Å². The predicted octanol–water partition coefficient (Wildman–Crippen LogP) is 3.22. The lowest BCUT2D eigenvalue weighted by atomic mass is 10.1. The largest absolute Gasteiger partial charge is 0.493 e. The highest BCUT2D eigenvalue weighted by Gasteiger charge is 2.11. The lowest BCUT2D eigenvalue weighted by molar-refractivity contribution is -0.116. The van der Waals surface area contributed by atoms with E-state index in [1.54, 1.807) is 57.0 Å². The summed E-state index contributed by atoms with van der Waals surface area (Å²) < 4.78 is 33.9. The summed E-state index contributed by atoms with van der Waals surface area (Å²) in [5.74, 6) is 0.941. The first-order valence-corrected chi connectivity index (χ1v) is 12.1. The van der Waals surface area contributed by atoms with Crippen molar-refractivity contribution in [1.29, 1.82) is 0 Å². The standard InChI is InChI=1S/C25H24N4O5S/c1-33-22-8-6-16(10-23(22)34-2)13-27-24(30)9-7-18-14-28-25-21(18)12-19(15-29-25)17-4-3-5-20(11-17)35(26,31)32/h3-12,14-15H,13H2,1-2H3,(H,27,30)(H,28,29)(H2,26,31,32)/b9-7+. The topological polar surface area (TPSA) is 136 Å².